The predicted molar refractivity (Wildman–Crippen MR) is 128 cm³/mol. The first-order chi connectivity index (χ1) is 15.7. The van der Waals surface area contributed by atoms with E-state index in [1.54, 1.807) is 25.1 Å². The number of carbonyl (C=O) groups excluding carboxylic acids is 1. The Balaban J connectivity index is 0.000000235. The minimum Gasteiger partial charge on any atom is -0.508 e. The average molecular weight is 444 g/mol. The van der Waals surface area contributed by atoms with Crippen molar-refractivity contribution >= 4 is 28.7 Å². The summed E-state index contributed by atoms with van der Waals surface area (Å²) in [6.45, 7) is 4.07. The third-order valence-corrected chi connectivity index (χ3v) is 5.26. The first-order valence-electron chi connectivity index (χ1n) is 10.1. The van der Waals surface area contributed by atoms with E-state index in [1.165, 1.54) is 18.3 Å². The number of carbonyl (C=O) groups is 1. The number of aromatic nitrogens is 1. The molecule has 0 aliphatic heterocycles. The lowest BCUT2D eigenvalue weighted by molar-refractivity contribution is -0.385. The third kappa shape index (κ3) is 5.24. The summed E-state index contributed by atoms with van der Waals surface area (Å²) in [4.78, 5) is 21.5. The van der Waals surface area contributed by atoms with Crippen molar-refractivity contribution in [1.29, 1.82) is 5.41 Å². The molecule has 8 heteroatoms. The first-order valence-corrected chi connectivity index (χ1v) is 10.1. The van der Waals surface area contributed by atoms with Gasteiger partial charge < -0.3 is 20.8 Å². The van der Waals surface area contributed by atoms with Gasteiger partial charge in [-0.1, -0.05) is 23.8 Å². The summed E-state index contributed by atoms with van der Waals surface area (Å²) >= 11 is 0. The van der Waals surface area contributed by atoms with E-state index in [9.17, 15) is 14.9 Å². The largest absolute Gasteiger partial charge is 0.508 e. The number of fused-ring (bicyclic) bond motifs is 1. The van der Waals surface area contributed by atoms with E-state index in [4.69, 9.17) is 16.2 Å². The Labute approximate surface area is 190 Å². The third-order valence-electron chi connectivity index (χ3n) is 5.26. The molecular weight excluding hydrogens is 420 g/mol. The van der Waals surface area contributed by atoms with Crippen molar-refractivity contribution in [1.82, 2.24) is 4.57 Å². The van der Waals surface area contributed by atoms with Gasteiger partial charge >= 0.3 is 0 Å². The Morgan fingerprint density at radius 1 is 1.15 bits per heavy atom. The highest BCUT2D eigenvalue weighted by Gasteiger charge is 2.15. The summed E-state index contributed by atoms with van der Waals surface area (Å²) in [7, 11) is 0. The average Bonchev–Trinajstić information content (AvgIpc) is 3.18. The zero-order valence-electron chi connectivity index (χ0n) is 18.3. The zero-order chi connectivity index (χ0) is 24.1. The molecule has 0 unspecified atom stereocenters. The fourth-order valence-corrected chi connectivity index (χ4v) is 3.52. The first kappa shape index (κ1) is 23.2. The fourth-order valence-electron chi connectivity index (χ4n) is 3.52. The van der Waals surface area contributed by atoms with E-state index in [0.717, 1.165) is 22.0 Å². The molecular formula is C25H24N4O4. The number of aromatic hydroxyl groups is 1. The van der Waals surface area contributed by atoms with Gasteiger partial charge in [0.15, 0.2) is 0 Å². The summed E-state index contributed by atoms with van der Waals surface area (Å²) < 4.78 is 1.98. The lowest BCUT2D eigenvalue weighted by atomic mass is 10.1. The number of nitrogens with one attached hydrogen (secondary N) is 1. The van der Waals surface area contributed by atoms with Gasteiger partial charge in [0.2, 0.25) is 5.91 Å². The van der Waals surface area contributed by atoms with Crippen LogP contribution in [-0.2, 0) is 6.54 Å². The van der Waals surface area contributed by atoms with Gasteiger partial charge in [-0.05, 0) is 55.8 Å². The number of primary amides is 1. The fraction of sp³-hybridized carbons (Fsp3) is 0.120. The molecule has 168 valence electrons. The van der Waals surface area contributed by atoms with Gasteiger partial charge in [0.1, 0.15) is 5.75 Å². The molecule has 0 radical (unpaired) electrons. The van der Waals surface area contributed by atoms with E-state index in [0.29, 0.717) is 23.2 Å². The van der Waals surface area contributed by atoms with Crippen molar-refractivity contribution in [2.24, 2.45) is 5.73 Å². The summed E-state index contributed by atoms with van der Waals surface area (Å²) in [6, 6.07) is 17.3. The lowest BCUT2D eigenvalue weighted by Gasteiger charge is -2.08. The van der Waals surface area contributed by atoms with Gasteiger partial charge in [-0.2, -0.15) is 0 Å². The molecule has 4 aromatic rings. The molecule has 4 N–H and O–H groups in total. The normalized spacial score (nSPS) is 10.4. The second-order valence-electron chi connectivity index (χ2n) is 7.62. The molecule has 0 aliphatic rings. The molecule has 0 bridgehead atoms. The van der Waals surface area contributed by atoms with Crippen molar-refractivity contribution < 1.29 is 14.8 Å². The van der Waals surface area contributed by atoms with Crippen LogP contribution in [-0.4, -0.2) is 26.7 Å². The van der Waals surface area contributed by atoms with Crippen molar-refractivity contribution in [3.63, 3.8) is 0 Å². The van der Waals surface area contributed by atoms with Crippen LogP contribution in [0.1, 0.15) is 32.6 Å². The second kappa shape index (κ2) is 9.78. The summed E-state index contributed by atoms with van der Waals surface area (Å²) in [5.74, 6) is -0.303. The number of amides is 1. The molecule has 0 atom stereocenters. The van der Waals surface area contributed by atoms with Crippen LogP contribution < -0.4 is 5.73 Å². The highest BCUT2D eigenvalue weighted by atomic mass is 16.6. The molecule has 0 fully saturated rings. The molecule has 33 heavy (non-hydrogen) atoms. The van der Waals surface area contributed by atoms with Gasteiger partial charge in [-0.15, -0.1) is 0 Å². The molecule has 1 amide bonds. The molecule has 1 aromatic heterocycles. The van der Waals surface area contributed by atoms with E-state index in [1.807, 2.05) is 48.0 Å². The van der Waals surface area contributed by atoms with Gasteiger partial charge in [0.05, 0.1) is 11.5 Å². The summed E-state index contributed by atoms with van der Waals surface area (Å²) in [5.41, 5.74) is 9.71. The number of nitrogens with zero attached hydrogens (tertiary/aromatic N) is 2. The maximum Gasteiger partial charge on any atom is 0.274 e. The van der Waals surface area contributed by atoms with Crippen molar-refractivity contribution in [3.05, 3.63) is 105 Å². The monoisotopic (exact) mass is 444 g/mol. The number of phenols is 1. The Kier molecular flexibility index (Phi) is 6.88. The molecule has 0 spiro atoms. The van der Waals surface area contributed by atoms with Crippen LogP contribution in [0.25, 0.3) is 10.9 Å². The number of hydrogen-bond acceptors (Lipinski definition) is 5. The van der Waals surface area contributed by atoms with Gasteiger partial charge in [0, 0.05) is 46.1 Å². The topological polar surface area (TPSA) is 135 Å². The summed E-state index contributed by atoms with van der Waals surface area (Å²) in [5, 5.41) is 28.7. The van der Waals surface area contributed by atoms with Crippen LogP contribution in [0.2, 0.25) is 0 Å². The Hall–Kier alpha value is -4.46. The van der Waals surface area contributed by atoms with E-state index in [-0.39, 0.29) is 16.4 Å². The zero-order valence-corrected chi connectivity index (χ0v) is 18.3. The standard InChI is InChI=1S/C17H15N3O2.C8H9NO2/c1-12-5-6-16(20(21)22)14(9-12)11-19-8-7-15-13(10-18)3-2-4-17(15)19;1-5-4-6(8(9)11)2-3-7(5)10/h2-10,18H,11H2,1H3;2-4,10H,1H3,(H2,9,11). The highest BCUT2D eigenvalue weighted by molar-refractivity contribution is 5.98. The number of aryl methyl sites for hydroxylation is 2. The lowest BCUT2D eigenvalue weighted by Crippen LogP contribution is -2.10. The number of benzene rings is 3. The number of nitro benzene ring substituents is 1. The van der Waals surface area contributed by atoms with E-state index in [2.05, 4.69) is 0 Å². The Morgan fingerprint density at radius 3 is 2.55 bits per heavy atom. The van der Waals surface area contributed by atoms with Crippen molar-refractivity contribution in [2.45, 2.75) is 20.4 Å². The Morgan fingerprint density at radius 2 is 1.91 bits per heavy atom. The quantitative estimate of drug-likeness (QED) is 0.233. The predicted octanol–water partition coefficient (Wildman–Crippen LogP) is 4.70. The minimum absolute atomic E-state index is 0.135. The van der Waals surface area contributed by atoms with Crippen LogP contribution in [0.3, 0.4) is 0 Å². The smallest absolute Gasteiger partial charge is 0.274 e. The van der Waals surface area contributed by atoms with Crippen molar-refractivity contribution in [2.75, 3.05) is 0 Å². The number of nitro groups is 1. The van der Waals surface area contributed by atoms with E-state index < -0.39 is 5.91 Å². The number of hydrogen-bond donors (Lipinski definition) is 3. The number of phenolic OH excluding ortho intramolecular Hbond substituents is 1. The SMILES string of the molecule is Cc1cc(C(N)=O)ccc1O.Cc1ccc([N+](=O)[O-])c(Cn2ccc3c(C=N)cccc32)c1. The highest BCUT2D eigenvalue weighted by Crippen LogP contribution is 2.25. The molecule has 0 saturated carbocycles. The maximum atomic E-state index is 11.2. The Bertz CT molecular complexity index is 1360. The number of nitrogens with two attached hydrogens (primary N) is 1. The van der Waals surface area contributed by atoms with Gasteiger partial charge in [0.25, 0.3) is 5.69 Å². The molecule has 0 saturated heterocycles. The molecule has 4 rings (SSSR count). The van der Waals surface area contributed by atoms with Crippen LogP contribution in [0.4, 0.5) is 5.69 Å². The minimum atomic E-state index is -0.479. The van der Waals surface area contributed by atoms with Crippen LogP contribution in [0.5, 0.6) is 5.75 Å². The van der Waals surface area contributed by atoms with Crippen LogP contribution >= 0.6 is 0 Å². The molecule has 0 aliphatic carbocycles. The van der Waals surface area contributed by atoms with Gasteiger partial charge in [-0.25, -0.2) is 0 Å². The number of rotatable bonds is 5. The maximum absolute atomic E-state index is 11.2. The van der Waals surface area contributed by atoms with Crippen molar-refractivity contribution in [3.8, 4) is 5.75 Å². The summed E-state index contributed by atoms with van der Waals surface area (Å²) in [6.07, 6.45) is 3.23. The molecule has 1 heterocycles. The molecule has 8 nitrogen and oxygen atoms in total. The van der Waals surface area contributed by atoms with Crippen LogP contribution in [0.15, 0.2) is 66.9 Å². The second-order valence-corrected chi connectivity index (χ2v) is 7.62. The van der Waals surface area contributed by atoms with Gasteiger partial charge in [-0.3, -0.25) is 14.9 Å². The molecule has 3 aromatic carbocycles. The van der Waals surface area contributed by atoms with E-state index >= 15 is 0 Å². The van der Waals surface area contributed by atoms with Crippen LogP contribution in [0, 0.1) is 29.4 Å².